The fourth-order valence-electron chi connectivity index (χ4n) is 3.28. The van der Waals surface area contributed by atoms with Gasteiger partial charge in [-0.25, -0.2) is 0 Å². The molecule has 24 heavy (non-hydrogen) atoms. The van der Waals surface area contributed by atoms with Gasteiger partial charge in [0.25, 0.3) is 5.56 Å². The number of hydrogen-bond acceptors (Lipinski definition) is 1. The third kappa shape index (κ3) is 2.33. The van der Waals surface area contributed by atoms with Gasteiger partial charge in [-0.15, -0.1) is 0 Å². The van der Waals surface area contributed by atoms with E-state index in [1.807, 2.05) is 73.7 Å². The molecule has 4 rings (SSSR count). The van der Waals surface area contributed by atoms with Crippen molar-refractivity contribution in [3.8, 4) is 22.4 Å². The van der Waals surface area contributed by atoms with Crippen molar-refractivity contribution in [2.24, 2.45) is 0 Å². The first-order chi connectivity index (χ1) is 11.8. The van der Waals surface area contributed by atoms with E-state index in [0.717, 1.165) is 38.7 Å². The highest BCUT2D eigenvalue weighted by Gasteiger charge is 2.15. The Morgan fingerprint density at radius 3 is 2.00 bits per heavy atom. The molecule has 1 heterocycles. The number of aromatic amines is 1. The molecule has 0 radical (unpaired) electrons. The highest BCUT2D eigenvalue weighted by atomic mass is 16.1. The van der Waals surface area contributed by atoms with Crippen LogP contribution in [0.25, 0.3) is 33.2 Å². The smallest absolute Gasteiger partial charge is 0.256 e. The number of aryl methyl sites for hydroxylation is 1. The number of fused-ring (bicyclic) bond motifs is 1. The van der Waals surface area contributed by atoms with Gasteiger partial charge in [-0.05, 0) is 29.0 Å². The molecule has 0 amide bonds. The standard InChI is InChI=1S/C22H17NO/c1-15-9-8-14-18-19(15)22(24)23-21(17-12-6-3-7-13-17)20(18)16-10-4-2-5-11-16/h2-14H,1H3,(H,23,24). The van der Waals surface area contributed by atoms with E-state index < -0.39 is 0 Å². The lowest BCUT2D eigenvalue weighted by Crippen LogP contribution is -2.10. The molecule has 0 aliphatic rings. The normalized spacial score (nSPS) is 10.9. The van der Waals surface area contributed by atoms with Crippen molar-refractivity contribution in [2.45, 2.75) is 6.92 Å². The first-order valence-electron chi connectivity index (χ1n) is 8.02. The van der Waals surface area contributed by atoms with E-state index in [2.05, 4.69) is 17.1 Å². The molecule has 3 aromatic carbocycles. The van der Waals surface area contributed by atoms with Crippen molar-refractivity contribution >= 4 is 10.8 Å². The molecule has 0 aliphatic carbocycles. The van der Waals surface area contributed by atoms with Crippen molar-refractivity contribution in [3.63, 3.8) is 0 Å². The average Bonchev–Trinajstić information content (AvgIpc) is 2.63. The minimum absolute atomic E-state index is 0.0402. The molecular weight excluding hydrogens is 294 g/mol. The Hall–Kier alpha value is -3.13. The van der Waals surface area contributed by atoms with Crippen LogP contribution < -0.4 is 5.56 Å². The first-order valence-corrected chi connectivity index (χ1v) is 8.02. The zero-order valence-corrected chi connectivity index (χ0v) is 13.4. The van der Waals surface area contributed by atoms with Crippen molar-refractivity contribution in [2.75, 3.05) is 0 Å². The lowest BCUT2D eigenvalue weighted by Gasteiger charge is -2.14. The Labute approximate surface area is 140 Å². The second-order valence-electron chi connectivity index (χ2n) is 5.93. The van der Waals surface area contributed by atoms with Crippen LogP contribution in [0.3, 0.4) is 0 Å². The molecule has 0 unspecified atom stereocenters. The second-order valence-corrected chi connectivity index (χ2v) is 5.93. The Balaban J connectivity index is 2.19. The van der Waals surface area contributed by atoms with Gasteiger partial charge in [-0.1, -0.05) is 78.9 Å². The number of pyridine rings is 1. The predicted octanol–water partition coefficient (Wildman–Crippen LogP) is 5.17. The van der Waals surface area contributed by atoms with Crippen LogP contribution in [0.5, 0.6) is 0 Å². The molecule has 0 spiro atoms. The molecule has 0 saturated carbocycles. The first kappa shape index (κ1) is 14.5. The van der Waals surface area contributed by atoms with Crippen LogP contribution in [-0.2, 0) is 0 Å². The summed E-state index contributed by atoms with van der Waals surface area (Å²) < 4.78 is 0. The third-order valence-corrected chi connectivity index (χ3v) is 4.38. The summed E-state index contributed by atoms with van der Waals surface area (Å²) in [6.07, 6.45) is 0. The summed E-state index contributed by atoms with van der Waals surface area (Å²) in [5.41, 5.74) is 5.00. The lowest BCUT2D eigenvalue weighted by atomic mass is 9.93. The maximum atomic E-state index is 12.7. The van der Waals surface area contributed by atoms with E-state index >= 15 is 0 Å². The van der Waals surface area contributed by atoms with Gasteiger partial charge < -0.3 is 4.98 Å². The lowest BCUT2D eigenvalue weighted by molar-refractivity contribution is 1.27. The van der Waals surface area contributed by atoms with Crippen molar-refractivity contribution in [1.82, 2.24) is 4.98 Å². The van der Waals surface area contributed by atoms with Gasteiger partial charge in [0.1, 0.15) is 0 Å². The molecule has 2 nitrogen and oxygen atoms in total. The van der Waals surface area contributed by atoms with Gasteiger partial charge in [0.2, 0.25) is 0 Å². The van der Waals surface area contributed by atoms with E-state index in [1.165, 1.54) is 0 Å². The van der Waals surface area contributed by atoms with Crippen LogP contribution in [0.4, 0.5) is 0 Å². The summed E-state index contributed by atoms with van der Waals surface area (Å²) in [5.74, 6) is 0. The minimum Gasteiger partial charge on any atom is -0.321 e. The van der Waals surface area contributed by atoms with Crippen LogP contribution in [0.2, 0.25) is 0 Å². The summed E-state index contributed by atoms with van der Waals surface area (Å²) >= 11 is 0. The number of hydrogen-bond donors (Lipinski definition) is 1. The molecule has 4 aromatic rings. The molecule has 0 bridgehead atoms. The zero-order valence-electron chi connectivity index (χ0n) is 13.4. The quantitative estimate of drug-likeness (QED) is 0.544. The van der Waals surface area contributed by atoms with Crippen LogP contribution in [-0.4, -0.2) is 4.98 Å². The van der Waals surface area contributed by atoms with Crippen molar-refractivity contribution in [1.29, 1.82) is 0 Å². The Bertz CT molecular complexity index is 1060. The molecule has 0 aliphatic heterocycles. The summed E-state index contributed by atoms with van der Waals surface area (Å²) in [5, 5.41) is 1.75. The maximum Gasteiger partial charge on any atom is 0.256 e. The van der Waals surface area contributed by atoms with Gasteiger partial charge in [-0.3, -0.25) is 4.79 Å². The Morgan fingerprint density at radius 2 is 1.33 bits per heavy atom. The van der Waals surface area contributed by atoms with Crippen LogP contribution in [0, 0.1) is 6.92 Å². The van der Waals surface area contributed by atoms with E-state index in [1.54, 1.807) is 0 Å². The molecule has 116 valence electrons. The maximum absolute atomic E-state index is 12.7. The number of aromatic nitrogens is 1. The van der Waals surface area contributed by atoms with Gasteiger partial charge in [0, 0.05) is 5.56 Å². The third-order valence-electron chi connectivity index (χ3n) is 4.38. The topological polar surface area (TPSA) is 32.9 Å². The minimum atomic E-state index is -0.0402. The second kappa shape index (κ2) is 5.82. The molecule has 1 N–H and O–H groups in total. The number of nitrogens with one attached hydrogen (secondary N) is 1. The fourth-order valence-corrected chi connectivity index (χ4v) is 3.28. The van der Waals surface area contributed by atoms with Gasteiger partial charge in [0.15, 0.2) is 0 Å². The Morgan fingerprint density at radius 1 is 0.708 bits per heavy atom. The summed E-state index contributed by atoms with van der Waals surface area (Å²) in [6.45, 7) is 1.98. The van der Waals surface area contributed by atoms with Crippen LogP contribution in [0.1, 0.15) is 5.56 Å². The van der Waals surface area contributed by atoms with Crippen molar-refractivity contribution in [3.05, 3.63) is 94.8 Å². The van der Waals surface area contributed by atoms with Gasteiger partial charge in [0.05, 0.1) is 11.1 Å². The monoisotopic (exact) mass is 311 g/mol. The number of rotatable bonds is 2. The summed E-state index contributed by atoms with van der Waals surface area (Å²) in [4.78, 5) is 15.8. The SMILES string of the molecule is Cc1cccc2c(-c3ccccc3)c(-c3ccccc3)[nH]c(=O)c12. The molecule has 0 saturated heterocycles. The number of H-pyrrole nitrogens is 1. The van der Waals surface area contributed by atoms with Crippen LogP contribution >= 0.6 is 0 Å². The molecule has 1 aromatic heterocycles. The largest absolute Gasteiger partial charge is 0.321 e. The summed E-state index contributed by atoms with van der Waals surface area (Å²) in [6, 6.07) is 26.3. The zero-order chi connectivity index (χ0) is 16.5. The van der Waals surface area contributed by atoms with E-state index in [4.69, 9.17) is 0 Å². The number of benzene rings is 3. The average molecular weight is 311 g/mol. The molecular formula is C22H17NO. The van der Waals surface area contributed by atoms with Crippen LogP contribution in [0.15, 0.2) is 83.7 Å². The Kier molecular flexibility index (Phi) is 3.51. The van der Waals surface area contributed by atoms with Crippen molar-refractivity contribution < 1.29 is 0 Å². The van der Waals surface area contributed by atoms with E-state index in [-0.39, 0.29) is 5.56 Å². The fraction of sp³-hybridized carbons (Fsp3) is 0.0455. The highest BCUT2D eigenvalue weighted by molar-refractivity contribution is 6.03. The van der Waals surface area contributed by atoms with E-state index in [9.17, 15) is 4.79 Å². The highest BCUT2D eigenvalue weighted by Crippen LogP contribution is 2.35. The van der Waals surface area contributed by atoms with E-state index in [0.29, 0.717) is 0 Å². The predicted molar refractivity (Wildman–Crippen MR) is 100 cm³/mol. The molecule has 2 heteroatoms. The van der Waals surface area contributed by atoms with Gasteiger partial charge in [-0.2, -0.15) is 0 Å². The summed E-state index contributed by atoms with van der Waals surface area (Å²) in [7, 11) is 0. The molecule has 0 fully saturated rings. The molecule has 0 atom stereocenters. The van der Waals surface area contributed by atoms with Gasteiger partial charge >= 0.3 is 0 Å².